The molecule has 84 heavy (non-hydrogen) atoms. The molecule has 2 heterocycles. The molecule has 2 aliphatic rings. The number of nitrogens with one attached hydrogen (secondary N) is 4. The summed E-state index contributed by atoms with van der Waals surface area (Å²) in [7, 11) is -8.59. The summed E-state index contributed by atoms with van der Waals surface area (Å²) in [5, 5.41) is 11.4. The summed E-state index contributed by atoms with van der Waals surface area (Å²) < 4.78 is 84.7. The normalized spacial score (nSPS) is 15.0. The fourth-order valence-electron chi connectivity index (χ4n) is 6.60. The summed E-state index contributed by atoms with van der Waals surface area (Å²) in [5.41, 5.74) is 0. The van der Waals surface area contributed by atoms with Gasteiger partial charge in [-0.2, -0.15) is 0 Å². The third-order valence-electron chi connectivity index (χ3n) is 11.0. The lowest BCUT2D eigenvalue weighted by molar-refractivity contribution is -0.178. The monoisotopic (exact) mass is 1250 g/mol. The molecule has 2 aliphatic heterocycles. The van der Waals surface area contributed by atoms with Crippen LogP contribution in [0.25, 0.3) is 0 Å². The molecule has 0 saturated carbocycles. The fraction of sp³-hybridized carbons (Fsp3) is 0.792. The highest BCUT2D eigenvalue weighted by molar-refractivity contribution is 7.47. The van der Waals surface area contributed by atoms with Crippen LogP contribution in [0.3, 0.4) is 0 Å². The van der Waals surface area contributed by atoms with Gasteiger partial charge in [0.05, 0.1) is 79.3 Å². The van der Waals surface area contributed by atoms with Crippen LogP contribution in [-0.4, -0.2) is 212 Å². The van der Waals surface area contributed by atoms with Gasteiger partial charge in [-0.25, -0.2) is 28.3 Å². The van der Waals surface area contributed by atoms with E-state index in [1.807, 2.05) is 6.92 Å². The molecule has 0 radical (unpaired) electrons. The molecule has 2 unspecified atom stereocenters. The second-order valence-corrected chi connectivity index (χ2v) is 21.0. The van der Waals surface area contributed by atoms with Crippen molar-refractivity contribution in [3.05, 3.63) is 0 Å². The van der Waals surface area contributed by atoms with Crippen molar-refractivity contribution < 1.29 is 133 Å². The number of hydrogen-bond donors (Lipinski definition) is 6. The maximum absolute atomic E-state index is 12.3. The number of carbonyl (C=O) groups is 10. The quantitative estimate of drug-likeness (QED) is 0.0168. The second-order valence-electron chi connectivity index (χ2n) is 18.1. The van der Waals surface area contributed by atoms with Crippen LogP contribution in [-0.2, 0) is 104 Å². The number of rotatable bonds is 50. The standard InChI is InChI=1S/C48H82N6O28P2/c1-38(36-51-39(55)12-4-10-22-79-83(65,66)77-20-8-2-6-18-49-45(61)73-32-28-69-24-26-71-30-34-75-47(63)81-53-41(57)14-15-42(53)58)37-52-40(56)13-5-11-23-80-84(67,68)78-21-9-3-7-19-50-46(62)74-33-29-70-25-27-72-31-35-76-48(64)82-54-43(59)16-17-44(54)60/h38H,2-37H2,1H3,(H,49,61)(H,50,62)(H,51,55)(H,52,56)(H,65,66)(H,67,68). The molecule has 0 aromatic carbocycles. The number of amides is 8. The van der Waals surface area contributed by atoms with E-state index in [2.05, 4.69) is 30.9 Å². The summed E-state index contributed by atoms with van der Waals surface area (Å²) in [6.07, 6.45) is 0.983. The molecule has 0 aliphatic carbocycles. The van der Waals surface area contributed by atoms with Crippen molar-refractivity contribution in [2.24, 2.45) is 5.92 Å². The Morgan fingerprint density at radius 3 is 1.05 bits per heavy atom. The molecule has 0 aromatic rings. The highest BCUT2D eigenvalue weighted by Gasteiger charge is 2.34. The number of phosphoric acid groups is 2. The molecule has 2 rings (SSSR count). The molecule has 36 heteroatoms. The van der Waals surface area contributed by atoms with Crippen molar-refractivity contribution in [1.82, 2.24) is 31.4 Å². The Kier molecular flexibility index (Phi) is 40.5. The lowest BCUT2D eigenvalue weighted by atomic mass is 10.1. The van der Waals surface area contributed by atoms with Crippen molar-refractivity contribution in [2.75, 3.05) is 132 Å². The predicted molar refractivity (Wildman–Crippen MR) is 283 cm³/mol. The van der Waals surface area contributed by atoms with Crippen LogP contribution < -0.4 is 21.3 Å². The molecule has 482 valence electrons. The van der Waals surface area contributed by atoms with E-state index in [0.29, 0.717) is 101 Å². The van der Waals surface area contributed by atoms with Crippen LogP contribution in [0.5, 0.6) is 0 Å². The Labute approximate surface area is 485 Å². The maximum atomic E-state index is 12.3. The fourth-order valence-corrected chi connectivity index (χ4v) is 8.19. The maximum Gasteiger partial charge on any atom is 0.534 e. The van der Waals surface area contributed by atoms with E-state index >= 15 is 0 Å². The Balaban J connectivity index is 1.30. The number of unbranched alkanes of at least 4 members (excludes halogenated alkanes) is 6. The van der Waals surface area contributed by atoms with Crippen molar-refractivity contribution >= 4 is 75.6 Å². The van der Waals surface area contributed by atoms with E-state index in [0.717, 1.165) is 0 Å². The summed E-state index contributed by atoms with van der Waals surface area (Å²) in [5.74, 6) is -3.04. The Bertz CT molecular complexity index is 1940. The smallest absolute Gasteiger partial charge is 0.447 e. The SMILES string of the molecule is CC(CNC(=O)CCCCOP(=O)(O)OCCCCCNC(=O)OCCOCCOCCOC(=O)ON1C(=O)CCC1=O)CNC(=O)CCCCOP(=O)(O)OCCCCCNC(=O)OCCOCCOCCOC(=O)ON1C(=O)CCC1=O. The third-order valence-corrected chi connectivity index (χ3v) is 13.0. The van der Waals surface area contributed by atoms with E-state index in [9.17, 15) is 66.9 Å². The first-order chi connectivity index (χ1) is 40.3. The number of carbonyl (C=O) groups excluding carboxylic acids is 10. The number of phosphoric ester groups is 2. The minimum absolute atomic E-state index is 0.0110. The summed E-state index contributed by atoms with van der Waals surface area (Å²) in [6.45, 7) is 3.23. The average Bonchev–Trinajstić information content (AvgIpc) is 4.01. The number of alkyl carbamates (subject to hydrolysis) is 2. The van der Waals surface area contributed by atoms with Gasteiger partial charge in [-0.15, -0.1) is 0 Å². The van der Waals surface area contributed by atoms with Crippen molar-refractivity contribution in [2.45, 2.75) is 110 Å². The molecule has 2 saturated heterocycles. The number of ether oxygens (including phenoxy) is 8. The lowest BCUT2D eigenvalue weighted by Crippen LogP contribution is -2.35. The summed E-state index contributed by atoms with van der Waals surface area (Å²) in [6, 6.07) is 0. The van der Waals surface area contributed by atoms with Crippen LogP contribution in [0.2, 0.25) is 0 Å². The largest absolute Gasteiger partial charge is 0.534 e. The van der Waals surface area contributed by atoms with Gasteiger partial charge in [0.25, 0.3) is 23.6 Å². The zero-order valence-corrected chi connectivity index (χ0v) is 49.1. The molecule has 0 aromatic heterocycles. The van der Waals surface area contributed by atoms with Gasteiger partial charge in [-0.3, -0.25) is 56.5 Å². The molecule has 2 atom stereocenters. The minimum atomic E-state index is -4.29. The number of hydrogen-bond acceptors (Lipinski definition) is 26. The van der Waals surface area contributed by atoms with E-state index < -0.39 is 63.8 Å². The van der Waals surface area contributed by atoms with E-state index in [4.69, 9.17) is 56.0 Å². The van der Waals surface area contributed by atoms with Crippen molar-refractivity contribution in [3.63, 3.8) is 0 Å². The highest BCUT2D eigenvalue weighted by Crippen LogP contribution is 2.44. The first-order valence-corrected chi connectivity index (χ1v) is 30.6. The molecular formula is C48H82N6O28P2. The van der Waals surface area contributed by atoms with Gasteiger partial charge in [0.2, 0.25) is 11.8 Å². The molecule has 0 spiro atoms. The van der Waals surface area contributed by atoms with Gasteiger partial charge in [0.15, 0.2) is 0 Å². The molecule has 8 amide bonds. The van der Waals surface area contributed by atoms with Gasteiger partial charge in [-0.1, -0.05) is 17.1 Å². The Morgan fingerprint density at radius 2 is 0.714 bits per heavy atom. The molecule has 6 N–H and O–H groups in total. The summed E-state index contributed by atoms with van der Waals surface area (Å²) >= 11 is 0. The van der Waals surface area contributed by atoms with E-state index in [1.54, 1.807) is 0 Å². The first kappa shape index (κ1) is 74.5. The van der Waals surface area contributed by atoms with Gasteiger partial charge in [0, 0.05) is 64.7 Å². The summed E-state index contributed by atoms with van der Waals surface area (Å²) in [4.78, 5) is 146. The van der Waals surface area contributed by atoms with E-state index in [-0.39, 0.29) is 162 Å². The molecule has 0 bridgehead atoms. The zero-order valence-electron chi connectivity index (χ0n) is 47.3. The van der Waals surface area contributed by atoms with Gasteiger partial charge < -0.3 is 68.9 Å². The number of hydroxylamine groups is 4. The average molecular weight is 1250 g/mol. The van der Waals surface area contributed by atoms with Gasteiger partial charge >= 0.3 is 40.1 Å². The van der Waals surface area contributed by atoms with Crippen molar-refractivity contribution in [1.29, 1.82) is 0 Å². The van der Waals surface area contributed by atoms with E-state index in [1.165, 1.54) is 0 Å². The van der Waals surface area contributed by atoms with Gasteiger partial charge in [-0.05, 0) is 70.1 Å². The Morgan fingerprint density at radius 1 is 0.417 bits per heavy atom. The van der Waals surface area contributed by atoms with Crippen LogP contribution in [0.1, 0.15) is 110 Å². The zero-order chi connectivity index (χ0) is 61.7. The number of imide groups is 2. The third kappa shape index (κ3) is 39.8. The van der Waals surface area contributed by atoms with Crippen LogP contribution in [0.15, 0.2) is 0 Å². The highest BCUT2D eigenvalue weighted by atomic mass is 31.2. The predicted octanol–water partition coefficient (Wildman–Crippen LogP) is 2.76. The number of nitrogens with zero attached hydrogens (tertiary/aromatic N) is 2. The van der Waals surface area contributed by atoms with Crippen LogP contribution in [0.4, 0.5) is 19.2 Å². The van der Waals surface area contributed by atoms with Gasteiger partial charge in [0.1, 0.15) is 26.4 Å². The van der Waals surface area contributed by atoms with Crippen LogP contribution in [0, 0.1) is 5.92 Å². The first-order valence-electron chi connectivity index (χ1n) is 27.6. The minimum Gasteiger partial charge on any atom is -0.447 e. The van der Waals surface area contributed by atoms with Crippen molar-refractivity contribution in [3.8, 4) is 0 Å². The second kappa shape index (κ2) is 45.7. The molecule has 2 fully saturated rings. The van der Waals surface area contributed by atoms with Crippen LogP contribution >= 0.6 is 15.6 Å². The molecular weight excluding hydrogens is 1170 g/mol. The topological polar surface area (TPSA) is 429 Å². The Hall–Kier alpha value is -5.64. The lowest BCUT2D eigenvalue weighted by Gasteiger charge is -2.14. The molecule has 34 nitrogen and oxygen atoms in total.